The van der Waals surface area contributed by atoms with Gasteiger partial charge in [-0.25, -0.2) is 4.90 Å². The van der Waals surface area contributed by atoms with Crippen LogP contribution in [0.4, 0.5) is 11.4 Å². The zero-order chi connectivity index (χ0) is 20.7. The highest BCUT2D eigenvalue weighted by Gasteiger charge is 2.45. The Labute approximate surface area is 178 Å². The van der Waals surface area contributed by atoms with E-state index in [4.69, 9.17) is 4.74 Å². The minimum absolute atomic E-state index is 0.330. The second-order valence-electron chi connectivity index (χ2n) is 6.95. The summed E-state index contributed by atoms with van der Waals surface area (Å²) in [4.78, 5) is 29.7. The highest BCUT2D eigenvalue weighted by molar-refractivity contribution is 8.04. The third kappa shape index (κ3) is 2.88. The van der Waals surface area contributed by atoms with Crippen molar-refractivity contribution < 1.29 is 14.3 Å². The van der Waals surface area contributed by atoms with Crippen molar-refractivity contribution in [3.63, 3.8) is 0 Å². The lowest BCUT2D eigenvalue weighted by molar-refractivity contribution is -0.120. The Bertz CT molecular complexity index is 1190. The molecule has 0 spiro atoms. The highest BCUT2D eigenvalue weighted by atomic mass is 32.2. The summed E-state index contributed by atoms with van der Waals surface area (Å²) in [6.45, 7) is 0. The maximum atomic E-state index is 13.6. The summed E-state index contributed by atoms with van der Waals surface area (Å²) in [7, 11) is 1.53. The van der Waals surface area contributed by atoms with Gasteiger partial charge in [-0.2, -0.15) is 0 Å². The molecule has 3 aromatic rings. The molecule has 5 rings (SSSR count). The SMILES string of the molecule is COc1ccccc1N1C(=O)C2=C(C1=O)C(c1ccccc1)Nc1ccccc1S2. The lowest BCUT2D eigenvalue weighted by atomic mass is 9.98. The number of fused-ring (bicyclic) bond motifs is 1. The Morgan fingerprint density at radius 2 is 1.57 bits per heavy atom. The molecule has 0 radical (unpaired) electrons. The molecule has 2 heterocycles. The first-order valence-corrected chi connectivity index (χ1v) is 10.3. The van der Waals surface area contributed by atoms with Gasteiger partial charge in [-0.3, -0.25) is 9.59 Å². The molecule has 2 aliphatic rings. The quantitative estimate of drug-likeness (QED) is 0.625. The molecule has 0 fully saturated rings. The van der Waals surface area contributed by atoms with Gasteiger partial charge in [0, 0.05) is 10.6 Å². The molecule has 148 valence electrons. The van der Waals surface area contributed by atoms with Crippen molar-refractivity contribution in [3.05, 3.63) is 94.9 Å². The third-order valence-electron chi connectivity index (χ3n) is 5.22. The summed E-state index contributed by atoms with van der Waals surface area (Å²) in [5.74, 6) is -0.184. The van der Waals surface area contributed by atoms with Crippen molar-refractivity contribution in [2.24, 2.45) is 0 Å². The normalized spacial score (nSPS) is 17.9. The number of amides is 2. The van der Waals surface area contributed by atoms with Gasteiger partial charge < -0.3 is 10.1 Å². The van der Waals surface area contributed by atoms with Crippen molar-refractivity contribution >= 4 is 35.0 Å². The van der Waals surface area contributed by atoms with E-state index >= 15 is 0 Å². The van der Waals surface area contributed by atoms with E-state index in [2.05, 4.69) is 5.32 Å². The van der Waals surface area contributed by atoms with E-state index in [0.29, 0.717) is 21.9 Å². The number of benzene rings is 3. The van der Waals surface area contributed by atoms with Crippen molar-refractivity contribution in [2.75, 3.05) is 17.3 Å². The summed E-state index contributed by atoms with van der Waals surface area (Å²) in [6, 6.07) is 24.1. The Hall–Kier alpha value is -3.51. The Kier molecular flexibility index (Phi) is 4.56. The van der Waals surface area contributed by atoms with Gasteiger partial charge in [0.2, 0.25) is 0 Å². The zero-order valence-electron chi connectivity index (χ0n) is 16.2. The Morgan fingerprint density at radius 1 is 0.867 bits per heavy atom. The summed E-state index contributed by atoms with van der Waals surface area (Å²) >= 11 is 1.33. The Balaban J connectivity index is 1.67. The van der Waals surface area contributed by atoms with Gasteiger partial charge >= 0.3 is 0 Å². The molecule has 6 heteroatoms. The van der Waals surface area contributed by atoms with Crippen LogP contribution >= 0.6 is 11.8 Å². The van der Waals surface area contributed by atoms with E-state index in [-0.39, 0.29) is 11.8 Å². The van der Waals surface area contributed by atoms with Crippen LogP contribution in [-0.4, -0.2) is 18.9 Å². The van der Waals surface area contributed by atoms with Gasteiger partial charge in [0.25, 0.3) is 11.8 Å². The molecule has 1 unspecified atom stereocenters. The average Bonchev–Trinajstić information content (AvgIpc) is 2.93. The monoisotopic (exact) mass is 414 g/mol. The summed E-state index contributed by atoms with van der Waals surface area (Å²) in [6.07, 6.45) is 0. The van der Waals surface area contributed by atoms with Crippen LogP contribution in [0.15, 0.2) is 94.2 Å². The molecular weight excluding hydrogens is 396 g/mol. The number of ether oxygens (including phenoxy) is 1. The molecule has 30 heavy (non-hydrogen) atoms. The number of thioether (sulfide) groups is 1. The van der Waals surface area contributed by atoms with Crippen LogP contribution in [0.3, 0.4) is 0 Å². The number of nitrogens with zero attached hydrogens (tertiary/aromatic N) is 1. The molecular formula is C24H18N2O3S. The number of para-hydroxylation sites is 3. The largest absolute Gasteiger partial charge is 0.495 e. The second kappa shape index (κ2) is 7.39. The van der Waals surface area contributed by atoms with Gasteiger partial charge in [-0.1, -0.05) is 66.4 Å². The number of hydrogen-bond donors (Lipinski definition) is 1. The molecule has 2 amide bonds. The van der Waals surface area contributed by atoms with Crippen LogP contribution in [-0.2, 0) is 9.59 Å². The average molecular weight is 414 g/mol. The van der Waals surface area contributed by atoms with Gasteiger partial charge in [0.15, 0.2) is 0 Å². The van der Waals surface area contributed by atoms with Crippen molar-refractivity contribution in [2.45, 2.75) is 10.9 Å². The van der Waals surface area contributed by atoms with Crippen LogP contribution in [0.25, 0.3) is 0 Å². The first-order chi connectivity index (χ1) is 14.7. The standard InChI is InChI=1S/C24H18N2O3S/c1-29-18-13-7-6-12-17(18)26-23(27)20-21(15-9-3-2-4-10-15)25-16-11-5-8-14-19(16)30-22(20)24(26)28/h2-14,21,25H,1H3. The van der Waals surface area contributed by atoms with Crippen molar-refractivity contribution in [3.8, 4) is 5.75 Å². The lowest BCUT2D eigenvalue weighted by Gasteiger charge is -2.23. The topological polar surface area (TPSA) is 58.6 Å². The van der Waals surface area contributed by atoms with Gasteiger partial charge in [-0.05, 0) is 29.8 Å². The van der Waals surface area contributed by atoms with E-state index in [9.17, 15) is 9.59 Å². The van der Waals surface area contributed by atoms with Crippen LogP contribution in [0, 0.1) is 0 Å². The molecule has 0 saturated carbocycles. The molecule has 5 nitrogen and oxygen atoms in total. The van der Waals surface area contributed by atoms with Crippen LogP contribution in [0.2, 0.25) is 0 Å². The van der Waals surface area contributed by atoms with Gasteiger partial charge in [0.1, 0.15) is 5.75 Å². The van der Waals surface area contributed by atoms with Crippen molar-refractivity contribution in [1.82, 2.24) is 0 Å². The maximum absolute atomic E-state index is 13.6. The minimum Gasteiger partial charge on any atom is -0.495 e. The molecule has 0 aromatic heterocycles. The summed E-state index contributed by atoms with van der Waals surface area (Å²) in [5, 5.41) is 3.49. The number of methoxy groups -OCH3 is 1. The van der Waals surface area contributed by atoms with Gasteiger partial charge in [-0.15, -0.1) is 0 Å². The highest BCUT2D eigenvalue weighted by Crippen LogP contribution is 2.48. The molecule has 1 N–H and O–H groups in total. The number of hydrogen-bond acceptors (Lipinski definition) is 5. The maximum Gasteiger partial charge on any atom is 0.272 e. The molecule has 3 aromatic carbocycles. The Morgan fingerprint density at radius 3 is 2.37 bits per heavy atom. The second-order valence-corrected chi connectivity index (χ2v) is 8.00. The van der Waals surface area contributed by atoms with Gasteiger partial charge in [0.05, 0.1) is 29.3 Å². The predicted molar refractivity (Wildman–Crippen MR) is 118 cm³/mol. The van der Waals surface area contributed by atoms with E-state index < -0.39 is 6.04 Å². The van der Waals surface area contributed by atoms with Crippen molar-refractivity contribution in [1.29, 1.82) is 0 Å². The minimum atomic E-state index is -0.437. The molecule has 2 aliphatic heterocycles. The van der Waals surface area contributed by atoms with Crippen LogP contribution in [0.1, 0.15) is 11.6 Å². The van der Waals surface area contributed by atoms with Crippen LogP contribution < -0.4 is 15.0 Å². The number of anilines is 2. The molecule has 0 aliphatic carbocycles. The first kappa shape index (κ1) is 18.5. The van der Waals surface area contributed by atoms with E-state index in [0.717, 1.165) is 16.1 Å². The van der Waals surface area contributed by atoms with E-state index in [1.807, 2.05) is 60.7 Å². The smallest absolute Gasteiger partial charge is 0.272 e. The fourth-order valence-corrected chi connectivity index (χ4v) is 4.92. The lowest BCUT2D eigenvalue weighted by Crippen LogP contribution is -2.33. The number of rotatable bonds is 3. The molecule has 0 bridgehead atoms. The van der Waals surface area contributed by atoms with E-state index in [1.165, 1.54) is 23.8 Å². The number of imide groups is 1. The van der Waals surface area contributed by atoms with Crippen LogP contribution in [0.5, 0.6) is 5.75 Å². The number of carbonyl (C=O) groups excluding carboxylic acids is 2. The van der Waals surface area contributed by atoms with E-state index in [1.54, 1.807) is 18.2 Å². The summed E-state index contributed by atoms with van der Waals surface area (Å²) in [5.41, 5.74) is 2.72. The fraction of sp³-hybridized carbons (Fsp3) is 0.0833. The zero-order valence-corrected chi connectivity index (χ0v) is 17.0. The number of carbonyl (C=O) groups is 2. The third-order valence-corrected chi connectivity index (χ3v) is 6.40. The molecule has 0 saturated heterocycles. The predicted octanol–water partition coefficient (Wildman–Crippen LogP) is 4.78. The first-order valence-electron chi connectivity index (χ1n) is 9.53. The number of nitrogens with one attached hydrogen (secondary N) is 1. The molecule has 1 atom stereocenters. The summed E-state index contributed by atoms with van der Waals surface area (Å²) < 4.78 is 5.41. The fourth-order valence-electron chi connectivity index (χ4n) is 3.82.